The molecule has 1 amide bonds. The van der Waals surface area contributed by atoms with E-state index in [1.807, 2.05) is 52.0 Å². The number of rotatable bonds is 9. The van der Waals surface area contributed by atoms with Crippen molar-refractivity contribution in [3.05, 3.63) is 35.5 Å². The Kier molecular flexibility index (Phi) is 8.14. The third-order valence-electron chi connectivity index (χ3n) is 5.53. The second-order valence-corrected chi connectivity index (χ2v) is 8.32. The van der Waals surface area contributed by atoms with Gasteiger partial charge in [-0.25, -0.2) is 4.98 Å². The van der Waals surface area contributed by atoms with Gasteiger partial charge < -0.3 is 25.0 Å². The largest absolute Gasteiger partial charge is 0.494 e. The van der Waals surface area contributed by atoms with Gasteiger partial charge in [-0.2, -0.15) is 4.98 Å². The first-order chi connectivity index (χ1) is 15.4. The van der Waals surface area contributed by atoms with Gasteiger partial charge in [-0.3, -0.25) is 4.79 Å². The van der Waals surface area contributed by atoms with Crippen LogP contribution in [0, 0.1) is 6.92 Å². The molecular formula is C24H35N5O3. The highest BCUT2D eigenvalue weighted by Crippen LogP contribution is 2.26. The normalized spacial score (nSPS) is 18.0. The minimum Gasteiger partial charge on any atom is -0.494 e. The van der Waals surface area contributed by atoms with Crippen LogP contribution in [0.1, 0.15) is 55.5 Å². The summed E-state index contributed by atoms with van der Waals surface area (Å²) in [6, 6.07) is 5.84. The first-order valence-corrected chi connectivity index (χ1v) is 11.4. The van der Waals surface area contributed by atoms with Gasteiger partial charge >= 0.3 is 0 Å². The molecule has 1 aromatic heterocycles. The highest BCUT2D eigenvalue weighted by Gasteiger charge is 2.24. The zero-order valence-electron chi connectivity index (χ0n) is 19.8. The monoisotopic (exact) mass is 441 g/mol. The summed E-state index contributed by atoms with van der Waals surface area (Å²) in [5.74, 6) is 2.78. The standard InChI is InChI=1S/C24H35N5O3/c1-6-31-20-12-17(13-21(14-20)32-7-2)23(30)27-19-10-8-18(9-11-19)26-22-16(3)15-25-24(28-22)29(4)5/h12-15,18-19H,6-11H2,1-5H3,(H,27,30)(H,25,26,28)/t18-,19+. The number of benzene rings is 1. The van der Waals surface area contributed by atoms with Gasteiger partial charge in [0.2, 0.25) is 5.95 Å². The van der Waals surface area contributed by atoms with E-state index in [4.69, 9.17) is 9.47 Å². The molecule has 0 unspecified atom stereocenters. The Morgan fingerprint density at radius 3 is 2.19 bits per heavy atom. The second kappa shape index (κ2) is 11.0. The highest BCUT2D eigenvalue weighted by atomic mass is 16.5. The van der Waals surface area contributed by atoms with Crippen molar-refractivity contribution in [3.8, 4) is 11.5 Å². The van der Waals surface area contributed by atoms with Gasteiger partial charge in [-0.1, -0.05) is 0 Å². The fourth-order valence-electron chi connectivity index (χ4n) is 3.84. The number of carbonyl (C=O) groups is 1. The number of aryl methyl sites for hydroxylation is 1. The van der Waals surface area contributed by atoms with E-state index in [0.717, 1.165) is 37.1 Å². The molecule has 1 aliphatic carbocycles. The quantitative estimate of drug-likeness (QED) is 0.612. The maximum absolute atomic E-state index is 12.9. The van der Waals surface area contributed by atoms with Crippen LogP contribution in [0.25, 0.3) is 0 Å². The average Bonchev–Trinajstić information content (AvgIpc) is 2.76. The minimum atomic E-state index is -0.0915. The van der Waals surface area contributed by atoms with E-state index in [-0.39, 0.29) is 11.9 Å². The van der Waals surface area contributed by atoms with E-state index in [1.165, 1.54) is 0 Å². The van der Waals surface area contributed by atoms with Crippen LogP contribution in [0.4, 0.5) is 11.8 Å². The first-order valence-electron chi connectivity index (χ1n) is 11.4. The van der Waals surface area contributed by atoms with Crippen LogP contribution in [-0.4, -0.2) is 55.3 Å². The predicted molar refractivity (Wildman–Crippen MR) is 127 cm³/mol. The summed E-state index contributed by atoms with van der Waals surface area (Å²) in [5, 5.41) is 6.75. The minimum absolute atomic E-state index is 0.0915. The number of carbonyl (C=O) groups excluding carboxylic acids is 1. The molecule has 0 atom stereocenters. The fourth-order valence-corrected chi connectivity index (χ4v) is 3.84. The molecule has 1 heterocycles. The number of nitrogens with zero attached hydrogens (tertiary/aromatic N) is 3. The predicted octanol–water partition coefficient (Wildman–Crippen LogP) is 3.80. The van der Waals surface area contributed by atoms with E-state index in [9.17, 15) is 4.79 Å². The van der Waals surface area contributed by atoms with Crippen LogP contribution >= 0.6 is 0 Å². The lowest BCUT2D eigenvalue weighted by Gasteiger charge is -2.30. The molecule has 0 bridgehead atoms. The topological polar surface area (TPSA) is 88.6 Å². The Hall–Kier alpha value is -3.03. The van der Waals surface area contributed by atoms with Crippen molar-refractivity contribution in [3.63, 3.8) is 0 Å². The maximum Gasteiger partial charge on any atom is 0.251 e. The average molecular weight is 442 g/mol. The van der Waals surface area contributed by atoms with Gasteiger partial charge in [-0.15, -0.1) is 0 Å². The number of nitrogens with one attached hydrogen (secondary N) is 2. The van der Waals surface area contributed by atoms with Gasteiger partial charge in [0.25, 0.3) is 5.91 Å². The van der Waals surface area contributed by atoms with Crippen LogP contribution in [-0.2, 0) is 0 Å². The summed E-state index contributed by atoms with van der Waals surface area (Å²) < 4.78 is 11.2. The lowest BCUT2D eigenvalue weighted by Crippen LogP contribution is -2.40. The molecule has 8 nitrogen and oxygen atoms in total. The Morgan fingerprint density at radius 1 is 1.03 bits per heavy atom. The molecule has 0 radical (unpaired) electrons. The van der Waals surface area contributed by atoms with Crippen LogP contribution in [0.15, 0.2) is 24.4 Å². The van der Waals surface area contributed by atoms with Crippen molar-refractivity contribution in [2.45, 2.75) is 58.5 Å². The molecule has 1 aromatic carbocycles. The second-order valence-electron chi connectivity index (χ2n) is 8.32. The van der Waals surface area contributed by atoms with E-state index in [2.05, 4.69) is 20.6 Å². The van der Waals surface area contributed by atoms with E-state index < -0.39 is 0 Å². The molecule has 2 aromatic rings. The summed E-state index contributed by atoms with van der Waals surface area (Å²) in [6.07, 6.45) is 5.61. The van der Waals surface area contributed by atoms with Crippen LogP contribution in [0.3, 0.4) is 0 Å². The number of anilines is 2. The lowest BCUT2D eigenvalue weighted by atomic mass is 9.91. The lowest BCUT2D eigenvalue weighted by molar-refractivity contribution is 0.0925. The van der Waals surface area contributed by atoms with E-state index >= 15 is 0 Å². The van der Waals surface area contributed by atoms with Gasteiger partial charge in [-0.05, 0) is 58.6 Å². The zero-order chi connectivity index (χ0) is 23.1. The number of amides is 1. The van der Waals surface area contributed by atoms with Crippen molar-refractivity contribution in [2.75, 3.05) is 37.5 Å². The van der Waals surface area contributed by atoms with Crippen LogP contribution < -0.4 is 25.0 Å². The molecule has 1 aliphatic rings. The summed E-state index contributed by atoms with van der Waals surface area (Å²) in [4.78, 5) is 23.8. The summed E-state index contributed by atoms with van der Waals surface area (Å²) in [5.41, 5.74) is 1.60. The Morgan fingerprint density at radius 2 is 1.62 bits per heavy atom. The van der Waals surface area contributed by atoms with Crippen molar-refractivity contribution in [2.24, 2.45) is 0 Å². The van der Waals surface area contributed by atoms with Gasteiger partial charge in [0.1, 0.15) is 17.3 Å². The van der Waals surface area contributed by atoms with E-state index in [0.29, 0.717) is 42.3 Å². The van der Waals surface area contributed by atoms with Crippen molar-refractivity contribution < 1.29 is 14.3 Å². The molecule has 3 rings (SSSR count). The summed E-state index contributed by atoms with van der Waals surface area (Å²) in [6.45, 7) is 6.93. The van der Waals surface area contributed by atoms with Crippen molar-refractivity contribution in [1.82, 2.24) is 15.3 Å². The first kappa shape index (κ1) is 23.6. The summed E-state index contributed by atoms with van der Waals surface area (Å²) >= 11 is 0. The van der Waals surface area contributed by atoms with Gasteiger partial charge in [0.15, 0.2) is 0 Å². The SMILES string of the molecule is CCOc1cc(OCC)cc(C(=O)N[C@H]2CC[C@@H](Nc3nc(N(C)C)ncc3C)CC2)c1. The molecule has 0 aliphatic heterocycles. The Labute approximate surface area is 190 Å². The Balaban J connectivity index is 1.57. The number of aromatic nitrogens is 2. The fraction of sp³-hybridized carbons (Fsp3) is 0.542. The zero-order valence-corrected chi connectivity index (χ0v) is 19.8. The molecule has 1 saturated carbocycles. The molecule has 1 fully saturated rings. The van der Waals surface area contributed by atoms with Crippen molar-refractivity contribution >= 4 is 17.7 Å². The number of ether oxygens (including phenoxy) is 2. The third kappa shape index (κ3) is 6.24. The molecule has 0 saturated heterocycles. The molecule has 174 valence electrons. The molecule has 2 N–H and O–H groups in total. The number of hydrogen-bond donors (Lipinski definition) is 2. The Bertz CT molecular complexity index is 886. The maximum atomic E-state index is 12.9. The smallest absolute Gasteiger partial charge is 0.251 e. The summed E-state index contributed by atoms with van der Waals surface area (Å²) in [7, 11) is 3.87. The highest BCUT2D eigenvalue weighted by molar-refractivity contribution is 5.95. The molecule has 0 spiro atoms. The van der Waals surface area contributed by atoms with Crippen molar-refractivity contribution in [1.29, 1.82) is 0 Å². The molecule has 32 heavy (non-hydrogen) atoms. The molecular weight excluding hydrogens is 406 g/mol. The van der Waals surface area contributed by atoms with Gasteiger partial charge in [0.05, 0.1) is 13.2 Å². The third-order valence-corrected chi connectivity index (χ3v) is 5.53. The van der Waals surface area contributed by atoms with Crippen LogP contribution in [0.5, 0.6) is 11.5 Å². The molecule has 8 heteroatoms. The van der Waals surface area contributed by atoms with E-state index in [1.54, 1.807) is 12.1 Å². The van der Waals surface area contributed by atoms with Gasteiger partial charge in [0, 0.05) is 49.6 Å². The van der Waals surface area contributed by atoms with Crippen LogP contribution in [0.2, 0.25) is 0 Å². The number of hydrogen-bond acceptors (Lipinski definition) is 7.